The van der Waals surface area contributed by atoms with Gasteiger partial charge >= 0.3 is 0 Å². The summed E-state index contributed by atoms with van der Waals surface area (Å²) in [7, 11) is 2.15. The second-order valence-electron chi connectivity index (χ2n) is 9.33. The Kier molecular flexibility index (Phi) is 6.88. The van der Waals surface area contributed by atoms with Gasteiger partial charge in [0.25, 0.3) is 5.91 Å². The average molecular weight is 543 g/mol. The van der Waals surface area contributed by atoms with Gasteiger partial charge < -0.3 is 15.2 Å². The number of rotatable bonds is 4. The van der Waals surface area contributed by atoms with E-state index < -0.39 is 0 Å². The number of H-pyrrole nitrogens is 1. The first-order valence-electron chi connectivity index (χ1n) is 11.7. The van der Waals surface area contributed by atoms with Crippen LogP contribution in [0.15, 0.2) is 54.6 Å². The number of aromatic amines is 1. The number of nitrogens with one attached hydrogen (secondary N) is 2. The van der Waals surface area contributed by atoms with Crippen LogP contribution in [0.1, 0.15) is 24.2 Å². The molecule has 0 unspecified atom stereocenters. The summed E-state index contributed by atoms with van der Waals surface area (Å²) in [6.45, 7) is 6.24. The van der Waals surface area contributed by atoms with E-state index in [-0.39, 0.29) is 5.91 Å². The maximum atomic E-state index is 13.1. The van der Waals surface area contributed by atoms with Crippen LogP contribution in [0.5, 0.6) is 0 Å². The van der Waals surface area contributed by atoms with Crippen molar-refractivity contribution in [2.45, 2.75) is 25.9 Å². The van der Waals surface area contributed by atoms with E-state index in [1.807, 2.05) is 24.3 Å². The van der Waals surface area contributed by atoms with E-state index in [1.165, 1.54) is 0 Å². The Morgan fingerprint density at radius 1 is 0.972 bits per heavy atom. The Morgan fingerprint density at radius 2 is 1.72 bits per heavy atom. The molecule has 1 aromatic heterocycles. The zero-order valence-corrected chi connectivity index (χ0v) is 22.4. The SMILES string of the molecule is C[C@@H]1CN(c2ccc(C(=O)Nc3ccc(Cl)c(-c4nc5ccc(Cl)cc5[nH]4)c3)c(Cl)c2)C[C@H](C)N1C. The van der Waals surface area contributed by atoms with Crippen LogP contribution in [0.4, 0.5) is 11.4 Å². The molecule has 1 aliphatic rings. The number of likely N-dealkylation sites (N-methyl/N-ethyl adjacent to an activating group) is 1. The molecule has 0 radical (unpaired) electrons. The van der Waals surface area contributed by atoms with E-state index in [1.54, 1.807) is 30.3 Å². The molecule has 1 saturated heterocycles. The van der Waals surface area contributed by atoms with Gasteiger partial charge in [0.15, 0.2) is 0 Å². The molecule has 0 bridgehead atoms. The first-order chi connectivity index (χ1) is 17.2. The molecule has 5 rings (SSSR count). The van der Waals surface area contributed by atoms with Crippen molar-refractivity contribution in [2.24, 2.45) is 0 Å². The predicted molar refractivity (Wildman–Crippen MR) is 150 cm³/mol. The van der Waals surface area contributed by atoms with Gasteiger partial charge in [-0.05, 0) is 75.5 Å². The van der Waals surface area contributed by atoms with Gasteiger partial charge in [-0.25, -0.2) is 4.98 Å². The number of fused-ring (bicyclic) bond motifs is 1. The number of amides is 1. The van der Waals surface area contributed by atoms with Gasteiger partial charge in [0.2, 0.25) is 0 Å². The smallest absolute Gasteiger partial charge is 0.257 e. The highest BCUT2D eigenvalue weighted by molar-refractivity contribution is 6.35. The summed E-state index contributed by atoms with van der Waals surface area (Å²) in [5.41, 5.74) is 4.25. The molecular formula is C27H26Cl3N5O. The minimum atomic E-state index is -0.295. The normalized spacial score (nSPS) is 18.6. The summed E-state index contributed by atoms with van der Waals surface area (Å²) < 4.78 is 0. The summed E-state index contributed by atoms with van der Waals surface area (Å²) in [5.74, 6) is 0.294. The van der Waals surface area contributed by atoms with Crippen LogP contribution in [0.3, 0.4) is 0 Å². The van der Waals surface area contributed by atoms with E-state index in [4.69, 9.17) is 34.8 Å². The van der Waals surface area contributed by atoms with E-state index >= 15 is 0 Å². The number of nitrogens with zero attached hydrogens (tertiary/aromatic N) is 3. The van der Waals surface area contributed by atoms with Crippen LogP contribution < -0.4 is 10.2 Å². The van der Waals surface area contributed by atoms with E-state index in [9.17, 15) is 4.79 Å². The van der Waals surface area contributed by atoms with Crippen molar-refractivity contribution in [3.8, 4) is 11.4 Å². The Labute approximate surface area is 225 Å². The Bertz CT molecular complexity index is 1440. The number of halogens is 3. The van der Waals surface area contributed by atoms with Crippen LogP contribution in [0, 0.1) is 0 Å². The first-order valence-corrected chi connectivity index (χ1v) is 12.9. The number of carbonyl (C=O) groups is 1. The van der Waals surface area contributed by atoms with Crippen molar-refractivity contribution in [2.75, 3.05) is 30.4 Å². The van der Waals surface area contributed by atoms with Crippen molar-refractivity contribution in [3.63, 3.8) is 0 Å². The number of piperazine rings is 1. The number of aromatic nitrogens is 2. The summed E-state index contributed by atoms with van der Waals surface area (Å²) in [5, 5.41) is 4.47. The van der Waals surface area contributed by atoms with E-state index in [0.29, 0.717) is 49.8 Å². The van der Waals surface area contributed by atoms with Gasteiger partial charge in [-0.2, -0.15) is 0 Å². The van der Waals surface area contributed by atoms with Crippen molar-refractivity contribution < 1.29 is 4.79 Å². The lowest BCUT2D eigenvalue weighted by Crippen LogP contribution is -2.55. The topological polar surface area (TPSA) is 64.3 Å². The van der Waals surface area contributed by atoms with Gasteiger partial charge in [0.05, 0.1) is 26.6 Å². The molecular weight excluding hydrogens is 517 g/mol. The molecule has 2 heterocycles. The highest BCUT2D eigenvalue weighted by atomic mass is 35.5. The fourth-order valence-corrected chi connectivity index (χ4v) is 5.23. The monoisotopic (exact) mass is 541 g/mol. The molecule has 1 aliphatic heterocycles. The molecule has 186 valence electrons. The standard InChI is InChI=1S/C27H26Cl3N5O/c1-15-13-35(14-16(2)34(15)3)19-6-7-20(23(30)12-19)27(36)31-18-5-8-22(29)21(11-18)26-32-24-9-4-17(28)10-25(24)33-26/h4-12,15-16H,13-14H2,1-3H3,(H,31,36)(H,32,33)/t15-,16+. The second kappa shape index (κ2) is 9.94. The molecule has 0 spiro atoms. The molecule has 2 N–H and O–H groups in total. The molecule has 0 saturated carbocycles. The fraction of sp³-hybridized carbons (Fsp3) is 0.259. The van der Waals surface area contributed by atoms with Gasteiger partial charge in [-0.15, -0.1) is 0 Å². The molecule has 3 aromatic carbocycles. The van der Waals surface area contributed by atoms with Crippen LogP contribution in [-0.4, -0.2) is 53.0 Å². The minimum absolute atomic E-state index is 0.295. The Morgan fingerprint density at radius 3 is 2.44 bits per heavy atom. The van der Waals surface area contributed by atoms with Crippen molar-refractivity contribution in [3.05, 3.63) is 75.2 Å². The molecule has 6 nitrogen and oxygen atoms in total. The highest BCUT2D eigenvalue weighted by Crippen LogP contribution is 2.32. The maximum Gasteiger partial charge on any atom is 0.257 e. The lowest BCUT2D eigenvalue weighted by molar-refractivity contribution is 0.102. The van der Waals surface area contributed by atoms with Gasteiger partial charge in [-0.1, -0.05) is 34.8 Å². The van der Waals surface area contributed by atoms with Crippen LogP contribution in [0.2, 0.25) is 15.1 Å². The largest absolute Gasteiger partial charge is 0.368 e. The molecule has 9 heteroatoms. The molecule has 1 amide bonds. The van der Waals surface area contributed by atoms with Crippen LogP contribution in [0.25, 0.3) is 22.4 Å². The molecule has 36 heavy (non-hydrogen) atoms. The molecule has 2 atom stereocenters. The third-order valence-corrected chi connectivity index (χ3v) is 7.72. The lowest BCUT2D eigenvalue weighted by Gasteiger charge is -2.43. The second-order valence-corrected chi connectivity index (χ2v) is 10.6. The van der Waals surface area contributed by atoms with E-state index in [2.05, 4.69) is 46.0 Å². The van der Waals surface area contributed by atoms with Crippen LogP contribution >= 0.6 is 34.8 Å². The minimum Gasteiger partial charge on any atom is -0.368 e. The number of carbonyl (C=O) groups excluding carboxylic acids is 1. The Hall–Kier alpha value is -2.77. The third kappa shape index (κ3) is 4.91. The van der Waals surface area contributed by atoms with Crippen molar-refractivity contribution >= 4 is 63.1 Å². The zero-order valence-electron chi connectivity index (χ0n) is 20.1. The Balaban J connectivity index is 1.36. The van der Waals surface area contributed by atoms with Crippen LogP contribution in [-0.2, 0) is 0 Å². The van der Waals surface area contributed by atoms with Gasteiger partial charge in [0, 0.05) is 47.1 Å². The zero-order chi connectivity index (χ0) is 25.6. The highest BCUT2D eigenvalue weighted by Gasteiger charge is 2.27. The molecule has 1 fully saturated rings. The number of anilines is 2. The molecule has 4 aromatic rings. The number of imidazole rings is 1. The summed E-state index contributed by atoms with van der Waals surface area (Å²) in [6.07, 6.45) is 0. The first kappa shape index (κ1) is 24.9. The third-order valence-electron chi connectivity index (χ3n) is 6.85. The predicted octanol–water partition coefficient (Wildman–Crippen LogP) is 6.97. The van der Waals surface area contributed by atoms with Gasteiger partial charge in [0.1, 0.15) is 5.82 Å². The van der Waals surface area contributed by atoms with E-state index in [0.717, 1.165) is 29.8 Å². The molecule has 0 aliphatic carbocycles. The summed E-state index contributed by atoms with van der Waals surface area (Å²) in [6, 6.07) is 17.2. The summed E-state index contributed by atoms with van der Waals surface area (Å²) in [4.78, 5) is 25.6. The number of benzene rings is 3. The van der Waals surface area contributed by atoms with Crippen molar-refractivity contribution in [1.29, 1.82) is 0 Å². The fourth-order valence-electron chi connectivity index (χ4n) is 4.59. The van der Waals surface area contributed by atoms with Gasteiger partial charge in [-0.3, -0.25) is 9.69 Å². The lowest BCUT2D eigenvalue weighted by atomic mass is 10.1. The number of hydrogen-bond donors (Lipinski definition) is 2. The van der Waals surface area contributed by atoms with Crippen molar-refractivity contribution in [1.82, 2.24) is 14.9 Å². The maximum absolute atomic E-state index is 13.1. The number of hydrogen-bond acceptors (Lipinski definition) is 4. The quantitative estimate of drug-likeness (QED) is 0.292. The summed E-state index contributed by atoms with van der Waals surface area (Å²) >= 11 is 19.1. The average Bonchev–Trinajstić information content (AvgIpc) is 3.26.